The van der Waals surface area contributed by atoms with Crippen molar-refractivity contribution in [2.75, 3.05) is 0 Å². The molecule has 0 aliphatic heterocycles. The van der Waals surface area contributed by atoms with Crippen molar-refractivity contribution in [2.45, 2.75) is 11.8 Å². The molecule has 14 heavy (non-hydrogen) atoms. The van der Waals surface area contributed by atoms with Gasteiger partial charge in [0.05, 0.1) is 0 Å². The molecular formula is C9H9ClO3S. The minimum atomic E-state index is -3.71. The summed E-state index contributed by atoms with van der Waals surface area (Å²) < 4.78 is 27.2. The van der Waals surface area contributed by atoms with Crippen molar-refractivity contribution in [3.63, 3.8) is 0 Å². The van der Waals surface area contributed by atoms with Crippen molar-refractivity contribution in [3.05, 3.63) is 41.6 Å². The van der Waals surface area contributed by atoms with Crippen LogP contribution in [0.4, 0.5) is 0 Å². The molecule has 0 saturated carbocycles. The van der Waals surface area contributed by atoms with E-state index >= 15 is 0 Å². The highest BCUT2D eigenvalue weighted by Gasteiger charge is 2.12. The molecule has 0 saturated heterocycles. The van der Waals surface area contributed by atoms with Gasteiger partial charge in [-0.25, -0.2) is 0 Å². The molecule has 0 aliphatic carbocycles. The monoisotopic (exact) mass is 232 g/mol. The fraction of sp³-hybridized carbons (Fsp3) is 0.111. The van der Waals surface area contributed by atoms with Crippen LogP contribution in [0.1, 0.15) is 5.56 Å². The van der Waals surface area contributed by atoms with Gasteiger partial charge in [0.25, 0.3) is 0 Å². The van der Waals surface area contributed by atoms with Crippen molar-refractivity contribution in [2.24, 2.45) is 0 Å². The maximum atomic E-state index is 11.4. The summed E-state index contributed by atoms with van der Waals surface area (Å²) in [7, 11) is -3.71. The summed E-state index contributed by atoms with van der Waals surface area (Å²) in [5.41, 5.74) is 1.97. The van der Waals surface area contributed by atoms with Crippen molar-refractivity contribution in [1.82, 2.24) is 0 Å². The molecule has 1 rings (SSSR count). The fourth-order valence-corrected chi connectivity index (χ4v) is 1.75. The molecule has 76 valence electrons. The Morgan fingerprint density at radius 3 is 2.36 bits per heavy atom. The number of halogens is 1. The Morgan fingerprint density at radius 1 is 1.29 bits per heavy atom. The van der Waals surface area contributed by atoms with Crippen LogP contribution in [-0.2, 0) is 14.3 Å². The first-order valence-electron chi connectivity index (χ1n) is 3.81. The van der Waals surface area contributed by atoms with Crippen LogP contribution in [0, 0.1) is 6.92 Å². The molecule has 0 heterocycles. The Morgan fingerprint density at radius 2 is 1.86 bits per heavy atom. The summed E-state index contributed by atoms with van der Waals surface area (Å²) in [6.07, 6.45) is 0.913. The molecule has 0 radical (unpaired) electrons. The topological polar surface area (TPSA) is 43.4 Å². The summed E-state index contributed by atoms with van der Waals surface area (Å²) in [4.78, 5) is 0.109. The molecule has 0 unspecified atom stereocenters. The fourth-order valence-electron chi connectivity index (χ4n) is 0.855. The summed E-state index contributed by atoms with van der Waals surface area (Å²) in [5, 5.41) is 0. The highest BCUT2D eigenvalue weighted by molar-refractivity contribution is 7.86. The lowest BCUT2D eigenvalue weighted by Gasteiger charge is -2.02. The number of hydrogen-bond acceptors (Lipinski definition) is 3. The molecule has 0 fully saturated rings. The van der Waals surface area contributed by atoms with E-state index in [9.17, 15) is 8.42 Å². The van der Waals surface area contributed by atoms with E-state index in [1.807, 2.05) is 6.92 Å². The largest absolute Gasteiger partial charge is 0.386 e. The molecule has 3 nitrogen and oxygen atoms in total. The van der Waals surface area contributed by atoms with E-state index in [2.05, 4.69) is 4.18 Å². The lowest BCUT2D eigenvalue weighted by atomic mass is 10.2. The van der Waals surface area contributed by atoms with Gasteiger partial charge in [0.1, 0.15) is 11.2 Å². The normalized spacial score (nSPS) is 11.9. The number of aryl methyl sites for hydroxylation is 1. The second kappa shape index (κ2) is 4.48. The molecule has 0 atom stereocenters. The summed E-state index contributed by atoms with van der Waals surface area (Å²) in [6.45, 7) is 1.87. The maximum absolute atomic E-state index is 11.4. The van der Waals surface area contributed by atoms with Crippen LogP contribution in [0.2, 0.25) is 0 Å². The van der Waals surface area contributed by atoms with E-state index in [0.29, 0.717) is 0 Å². The van der Waals surface area contributed by atoms with Crippen LogP contribution < -0.4 is 0 Å². The minimum absolute atomic E-state index is 0.109. The van der Waals surface area contributed by atoms with Crippen LogP contribution in [0.25, 0.3) is 0 Å². The second-order valence-corrected chi connectivity index (χ2v) is 4.45. The van der Waals surface area contributed by atoms with Crippen molar-refractivity contribution < 1.29 is 12.6 Å². The van der Waals surface area contributed by atoms with Crippen LogP contribution in [0.15, 0.2) is 41.0 Å². The van der Waals surface area contributed by atoms with E-state index < -0.39 is 10.1 Å². The molecule has 1 aromatic carbocycles. The zero-order chi connectivity index (χ0) is 10.6. The van der Waals surface area contributed by atoms with Gasteiger partial charge in [0.15, 0.2) is 0 Å². The van der Waals surface area contributed by atoms with Gasteiger partial charge in [-0.2, -0.15) is 8.42 Å². The van der Waals surface area contributed by atoms with Gasteiger partial charge in [0.2, 0.25) is 0 Å². The average molecular weight is 233 g/mol. The molecule has 0 amide bonds. The second-order valence-electron chi connectivity index (χ2n) is 2.63. The molecule has 1 aromatic rings. The molecule has 0 aromatic heterocycles. The Labute approximate surface area is 88.1 Å². The third kappa shape index (κ3) is 2.75. The first kappa shape index (κ1) is 11.1. The highest BCUT2D eigenvalue weighted by Crippen LogP contribution is 2.13. The predicted molar refractivity (Wildman–Crippen MR) is 54.4 cm³/mol. The zero-order valence-electron chi connectivity index (χ0n) is 7.48. The van der Waals surface area contributed by atoms with Gasteiger partial charge in [-0.3, -0.25) is 0 Å². The quantitative estimate of drug-likeness (QED) is 0.594. The lowest BCUT2D eigenvalue weighted by molar-refractivity contribution is 0.444. The molecule has 0 bridgehead atoms. The van der Waals surface area contributed by atoms with Crippen LogP contribution in [0.5, 0.6) is 0 Å². The van der Waals surface area contributed by atoms with Gasteiger partial charge in [-0.05, 0) is 19.1 Å². The van der Waals surface area contributed by atoms with Crippen LogP contribution >= 0.6 is 11.6 Å². The van der Waals surface area contributed by atoms with E-state index in [1.165, 1.54) is 12.1 Å². The SMILES string of the molecule is Cc1ccc(S(=O)(=O)O/C=C/Cl)cc1. The standard InChI is InChI=1S/C9H9ClO3S/c1-8-2-4-9(5-3-8)14(11,12)13-7-6-10/h2-7H,1H3/b7-6+. The Kier molecular flexibility index (Phi) is 3.55. The van der Waals surface area contributed by atoms with Crippen molar-refractivity contribution >= 4 is 21.7 Å². The van der Waals surface area contributed by atoms with E-state index in [4.69, 9.17) is 11.6 Å². The third-order valence-corrected chi connectivity index (χ3v) is 2.86. The summed E-state index contributed by atoms with van der Waals surface area (Å²) in [6, 6.07) is 6.35. The smallest absolute Gasteiger partial charge is 0.338 e. The molecular weight excluding hydrogens is 224 g/mol. The molecule has 0 aliphatic rings. The molecule has 5 heteroatoms. The average Bonchev–Trinajstić information content (AvgIpc) is 2.16. The van der Waals surface area contributed by atoms with Gasteiger partial charge in [0, 0.05) is 5.54 Å². The third-order valence-electron chi connectivity index (χ3n) is 1.54. The first-order valence-corrected chi connectivity index (χ1v) is 5.66. The van der Waals surface area contributed by atoms with E-state index in [-0.39, 0.29) is 4.90 Å². The van der Waals surface area contributed by atoms with Crippen LogP contribution in [0.3, 0.4) is 0 Å². The van der Waals surface area contributed by atoms with Crippen LogP contribution in [-0.4, -0.2) is 8.42 Å². The van der Waals surface area contributed by atoms with Gasteiger partial charge < -0.3 is 4.18 Å². The van der Waals surface area contributed by atoms with Crippen molar-refractivity contribution in [3.8, 4) is 0 Å². The predicted octanol–water partition coefficient (Wildman–Crippen LogP) is 2.41. The Balaban J connectivity index is 2.99. The highest BCUT2D eigenvalue weighted by atomic mass is 35.5. The minimum Gasteiger partial charge on any atom is -0.386 e. The van der Waals surface area contributed by atoms with Gasteiger partial charge >= 0.3 is 10.1 Å². The van der Waals surface area contributed by atoms with Crippen molar-refractivity contribution in [1.29, 1.82) is 0 Å². The lowest BCUT2D eigenvalue weighted by Crippen LogP contribution is -2.01. The maximum Gasteiger partial charge on any atom is 0.338 e. The summed E-state index contributed by atoms with van der Waals surface area (Å²) in [5.74, 6) is 0. The van der Waals surface area contributed by atoms with Gasteiger partial charge in [-0.15, -0.1) is 0 Å². The van der Waals surface area contributed by atoms with E-state index in [0.717, 1.165) is 17.4 Å². The zero-order valence-corrected chi connectivity index (χ0v) is 9.05. The summed E-state index contributed by atoms with van der Waals surface area (Å²) >= 11 is 5.15. The molecule has 0 spiro atoms. The molecule has 0 N–H and O–H groups in total. The number of rotatable bonds is 3. The first-order chi connectivity index (χ1) is 6.56. The number of hydrogen-bond donors (Lipinski definition) is 0. The van der Waals surface area contributed by atoms with E-state index in [1.54, 1.807) is 12.1 Å². The Hall–Kier alpha value is -1.00. The number of benzene rings is 1. The van der Waals surface area contributed by atoms with Gasteiger partial charge in [-0.1, -0.05) is 29.3 Å². The Bertz CT molecular complexity index is 420.